The topological polar surface area (TPSA) is 32.3 Å². The van der Waals surface area contributed by atoms with Crippen LogP contribution in [0.25, 0.3) is 0 Å². The third-order valence-corrected chi connectivity index (χ3v) is 1.53. The van der Waals surface area contributed by atoms with Crippen LogP contribution in [0.15, 0.2) is 0 Å². The number of hydrogen-bond donors (Lipinski definition) is 2. The van der Waals surface area contributed by atoms with E-state index >= 15 is 0 Å². The van der Waals surface area contributed by atoms with Gasteiger partial charge in [0.05, 0.1) is 0 Å². The average molecular weight is 117 g/mol. The van der Waals surface area contributed by atoms with Crippen LogP contribution in [0.1, 0.15) is 26.7 Å². The summed E-state index contributed by atoms with van der Waals surface area (Å²) in [5.74, 6) is 0.639. The fourth-order valence-corrected chi connectivity index (χ4v) is 0.706. The van der Waals surface area contributed by atoms with Crippen molar-refractivity contribution >= 4 is 0 Å². The molecule has 50 valence electrons. The highest BCUT2D eigenvalue weighted by Crippen LogP contribution is 2.03. The van der Waals surface area contributed by atoms with Gasteiger partial charge in [-0.3, -0.25) is 0 Å². The Morgan fingerprint density at radius 3 is 2.00 bits per heavy atom. The van der Waals surface area contributed by atoms with Crippen molar-refractivity contribution in [3.05, 3.63) is 0 Å². The molecule has 0 radical (unpaired) electrons. The van der Waals surface area contributed by atoms with Crippen LogP contribution in [0.5, 0.6) is 0 Å². The van der Waals surface area contributed by atoms with Crippen LogP contribution in [0.4, 0.5) is 0 Å². The van der Waals surface area contributed by atoms with E-state index in [1.54, 1.807) is 0 Å². The summed E-state index contributed by atoms with van der Waals surface area (Å²) in [6.07, 6.45) is 2.29. The van der Waals surface area contributed by atoms with E-state index in [2.05, 4.69) is 19.3 Å². The minimum absolute atomic E-state index is 0.639. The van der Waals surface area contributed by atoms with Crippen LogP contribution in [-0.2, 0) is 0 Å². The molecule has 0 bridgehead atoms. The van der Waals surface area contributed by atoms with Crippen molar-refractivity contribution in [2.24, 2.45) is 5.92 Å². The minimum Gasteiger partial charge on any atom is -0.317 e. The van der Waals surface area contributed by atoms with Crippen LogP contribution in [0, 0.1) is 5.92 Å². The van der Waals surface area contributed by atoms with Crippen molar-refractivity contribution in [3.63, 3.8) is 0 Å². The predicted molar refractivity (Wildman–Crippen MR) is 33.9 cm³/mol. The van der Waals surface area contributed by atoms with Gasteiger partial charge in [0, 0.05) is 6.54 Å². The zero-order valence-electron chi connectivity index (χ0n) is 5.65. The first-order valence-corrected chi connectivity index (χ1v) is 3.22. The fourth-order valence-electron chi connectivity index (χ4n) is 0.706. The second-order valence-corrected chi connectivity index (χ2v) is 2.04. The summed E-state index contributed by atoms with van der Waals surface area (Å²) in [6, 6.07) is 0. The second kappa shape index (κ2) is 5.06. The molecule has 0 aromatic heterocycles. The molecule has 8 heavy (non-hydrogen) atoms. The molecule has 2 N–H and O–H groups in total. The molecule has 0 fully saturated rings. The summed E-state index contributed by atoms with van der Waals surface area (Å²) < 4.78 is 0. The lowest BCUT2D eigenvalue weighted by atomic mass is 10.0. The Balaban J connectivity index is 3.07. The SMILES string of the molecule is CCC(CC)CNO. The maximum absolute atomic E-state index is 8.25. The standard InChI is InChI=1S/C6H15NO/c1-3-6(4-2)5-7-8/h6-8H,3-5H2,1-2H3. The Hall–Kier alpha value is -0.0800. The van der Waals surface area contributed by atoms with Crippen molar-refractivity contribution in [1.82, 2.24) is 5.48 Å². The molecule has 0 saturated carbocycles. The second-order valence-electron chi connectivity index (χ2n) is 2.04. The monoisotopic (exact) mass is 117 g/mol. The van der Waals surface area contributed by atoms with Crippen LogP contribution >= 0.6 is 0 Å². The van der Waals surface area contributed by atoms with E-state index < -0.39 is 0 Å². The normalized spacial score (nSPS) is 10.5. The van der Waals surface area contributed by atoms with Gasteiger partial charge in [0.1, 0.15) is 0 Å². The Kier molecular flexibility index (Phi) is 5.01. The molecule has 0 spiro atoms. The van der Waals surface area contributed by atoms with Crippen molar-refractivity contribution in [2.45, 2.75) is 26.7 Å². The predicted octanol–water partition coefficient (Wildman–Crippen LogP) is 1.40. The van der Waals surface area contributed by atoms with Gasteiger partial charge in [0.25, 0.3) is 0 Å². The number of hydroxylamine groups is 1. The molecule has 0 aliphatic carbocycles. The molecule has 0 unspecified atom stereocenters. The fraction of sp³-hybridized carbons (Fsp3) is 1.00. The zero-order chi connectivity index (χ0) is 6.41. The molecule has 0 amide bonds. The molecule has 0 rings (SSSR count). The van der Waals surface area contributed by atoms with Crippen molar-refractivity contribution < 1.29 is 5.21 Å². The van der Waals surface area contributed by atoms with Crippen LogP contribution < -0.4 is 5.48 Å². The van der Waals surface area contributed by atoms with Gasteiger partial charge in [-0.1, -0.05) is 26.7 Å². The average Bonchev–Trinajstić information content (AvgIpc) is 1.83. The molecule has 0 saturated heterocycles. The Morgan fingerprint density at radius 2 is 1.88 bits per heavy atom. The minimum atomic E-state index is 0.639. The molecule has 0 aliphatic heterocycles. The van der Waals surface area contributed by atoms with E-state index in [4.69, 9.17) is 5.21 Å². The van der Waals surface area contributed by atoms with Gasteiger partial charge in [-0.15, -0.1) is 0 Å². The third-order valence-electron chi connectivity index (χ3n) is 1.53. The number of nitrogens with one attached hydrogen (secondary N) is 1. The highest BCUT2D eigenvalue weighted by atomic mass is 16.5. The van der Waals surface area contributed by atoms with E-state index in [9.17, 15) is 0 Å². The first kappa shape index (κ1) is 7.92. The molecule has 0 aromatic rings. The summed E-state index contributed by atoms with van der Waals surface area (Å²) in [7, 11) is 0. The molecule has 0 atom stereocenters. The summed E-state index contributed by atoms with van der Waals surface area (Å²) in [4.78, 5) is 0. The van der Waals surface area contributed by atoms with Gasteiger partial charge in [0.2, 0.25) is 0 Å². The van der Waals surface area contributed by atoms with Gasteiger partial charge in [-0.25, -0.2) is 5.48 Å². The molecule has 0 heterocycles. The van der Waals surface area contributed by atoms with Gasteiger partial charge >= 0.3 is 0 Å². The number of rotatable bonds is 4. The number of hydrogen-bond acceptors (Lipinski definition) is 2. The largest absolute Gasteiger partial charge is 0.317 e. The molecule has 2 heteroatoms. The van der Waals surface area contributed by atoms with Gasteiger partial charge in [-0.05, 0) is 5.92 Å². The van der Waals surface area contributed by atoms with E-state index in [0.717, 1.165) is 19.4 Å². The first-order chi connectivity index (χ1) is 3.85. The van der Waals surface area contributed by atoms with E-state index in [1.807, 2.05) is 0 Å². The maximum Gasteiger partial charge on any atom is 0.0235 e. The molecular weight excluding hydrogens is 102 g/mol. The Labute approximate surface area is 50.9 Å². The van der Waals surface area contributed by atoms with Crippen LogP contribution in [0.2, 0.25) is 0 Å². The van der Waals surface area contributed by atoms with Crippen LogP contribution in [0.3, 0.4) is 0 Å². The highest BCUT2D eigenvalue weighted by Gasteiger charge is 1.99. The molecule has 0 aromatic carbocycles. The summed E-state index contributed by atoms with van der Waals surface area (Å²) in [5.41, 5.74) is 2.17. The smallest absolute Gasteiger partial charge is 0.0235 e. The van der Waals surface area contributed by atoms with Crippen molar-refractivity contribution in [1.29, 1.82) is 0 Å². The van der Waals surface area contributed by atoms with E-state index in [-0.39, 0.29) is 0 Å². The lowest BCUT2D eigenvalue weighted by molar-refractivity contribution is 0.146. The highest BCUT2D eigenvalue weighted by molar-refractivity contribution is 4.53. The van der Waals surface area contributed by atoms with E-state index in [1.165, 1.54) is 0 Å². The summed E-state index contributed by atoms with van der Waals surface area (Å²) in [6.45, 7) is 4.99. The first-order valence-electron chi connectivity index (χ1n) is 3.22. The zero-order valence-corrected chi connectivity index (χ0v) is 5.65. The Bertz CT molecular complexity index is 43.8. The molecule has 2 nitrogen and oxygen atoms in total. The lowest BCUT2D eigenvalue weighted by Gasteiger charge is -2.08. The quantitative estimate of drug-likeness (QED) is 0.545. The van der Waals surface area contributed by atoms with Crippen molar-refractivity contribution in [2.75, 3.05) is 6.54 Å². The van der Waals surface area contributed by atoms with Crippen LogP contribution in [-0.4, -0.2) is 11.8 Å². The van der Waals surface area contributed by atoms with Gasteiger partial charge < -0.3 is 5.21 Å². The Morgan fingerprint density at radius 1 is 1.38 bits per heavy atom. The van der Waals surface area contributed by atoms with Gasteiger partial charge in [-0.2, -0.15) is 0 Å². The molecule has 0 aliphatic rings. The summed E-state index contributed by atoms with van der Waals surface area (Å²) >= 11 is 0. The third kappa shape index (κ3) is 2.99. The summed E-state index contributed by atoms with van der Waals surface area (Å²) in [5, 5.41) is 8.25. The van der Waals surface area contributed by atoms with Gasteiger partial charge in [0.15, 0.2) is 0 Å². The van der Waals surface area contributed by atoms with Crippen molar-refractivity contribution in [3.8, 4) is 0 Å². The maximum atomic E-state index is 8.25. The van der Waals surface area contributed by atoms with E-state index in [0.29, 0.717) is 5.92 Å². The molecular formula is C6H15NO. The lowest BCUT2D eigenvalue weighted by Crippen LogP contribution is -2.17.